The molecule has 0 saturated carbocycles. The van der Waals surface area contributed by atoms with E-state index in [0.717, 1.165) is 44.5 Å². The van der Waals surface area contributed by atoms with Crippen LogP contribution in [-0.2, 0) is 4.79 Å². The topological polar surface area (TPSA) is 100 Å². The van der Waals surface area contributed by atoms with Gasteiger partial charge in [0.05, 0.1) is 30.7 Å². The lowest BCUT2D eigenvalue weighted by molar-refractivity contribution is -0.137. The Balaban J connectivity index is 1.36. The number of carbonyl (C=O) groups is 1. The molecule has 0 radical (unpaired) electrons. The molecule has 2 N–H and O–H groups in total. The number of anilines is 2. The van der Waals surface area contributed by atoms with E-state index in [4.69, 9.17) is 26.2 Å². The van der Waals surface area contributed by atoms with Crippen molar-refractivity contribution in [1.29, 1.82) is 0 Å². The third-order valence-corrected chi connectivity index (χ3v) is 6.38. The molecule has 192 valence electrons. The van der Waals surface area contributed by atoms with Crippen molar-refractivity contribution in [1.82, 2.24) is 19.8 Å². The molecule has 4 rings (SSSR count). The van der Waals surface area contributed by atoms with Crippen LogP contribution in [0.2, 0.25) is 5.02 Å². The fourth-order valence-electron chi connectivity index (χ4n) is 4.11. The van der Waals surface area contributed by atoms with Crippen molar-refractivity contribution in [2.75, 3.05) is 58.3 Å². The monoisotopic (exact) mass is 517 g/mol. The van der Waals surface area contributed by atoms with E-state index in [2.05, 4.69) is 25.1 Å². The highest BCUT2D eigenvalue weighted by Gasteiger charge is 2.17. The van der Waals surface area contributed by atoms with Crippen LogP contribution < -0.4 is 14.8 Å². The zero-order chi connectivity index (χ0) is 25.5. The van der Waals surface area contributed by atoms with Gasteiger partial charge < -0.3 is 29.7 Å². The van der Waals surface area contributed by atoms with Crippen molar-refractivity contribution in [3.8, 4) is 11.5 Å². The zero-order valence-corrected chi connectivity index (χ0v) is 20.8. The summed E-state index contributed by atoms with van der Waals surface area (Å²) in [6.07, 6.45) is 2.46. The molecular formula is C25H29ClFN5O4. The second kappa shape index (κ2) is 12.2. The van der Waals surface area contributed by atoms with E-state index < -0.39 is 11.8 Å². The molecule has 1 saturated heterocycles. The first-order chi connectivity index (χ1) is 17.4. The summed E-state index contributed by atoms with van der Waals surface area (Å²) < 4.78 is 25.1. The van der Waals surface area contributed by atoms with Gasteiger partial charge in [-0.25, -0.2) is 14.4 Å². The van der Waals surface area contributed by atoms with Crippen molar-refractivity contribution >= 4 is 40.0 Å². The number of nitrogens with zero attached hydrogens (tertiary/aromatic N) is 4. The third-order valence-electron chi connectivity index (χ3n) is 6.09. The first-order valence-corrected chi connectivity index (χ1v) is 12.1. The summed E-state index contributed by atoms with van der Waals surface area (Å²) in [6, 6.07) is 8.01. The number of piperazine rings is 1. The third kappa shape index (κ3) is 6.71. The molecule has 11 heteroatoms. The van der Waals surface area contributed by atoms with Gasteiger partial charge in [-0.2, -0.15) is 0 Å². The number of ether oxygens (including phenoxy) is 2. The number of nitrogens with one attached hydrogen (secondary N) is 1. The Bertz CT molecular complexity index is 1210. The number of fused-ring (bicyclic) bond motifs is 1. The van der Waals surface area contributed by atoms with E-state index in [-0.39, 0.29) is 11.4 Å². The van der Waals surface area contributed by atoms with Gasteiger partial charge in [-0.15, -0.1) is 0 Å². The number of methoxy groups -OCH3 is 1. The van der Waals surface area contributed by atoms with Gasteiger partial charge in [-0.3, -0.25) is 4.79 Å². The Kier molecular flexibility index (Phi) is 8.74. The van der Waals surface area contributed by atoms with Crippen LogP contribution in [0, 0.1) is 5.82 Å². The minimum atomic E-state index is -0.756. The second-order valence-corrected chi connectivity index (χ2v) is 8.93. The van der Waals surface area contributed by atoms with E-state index in [1.807, 2.05) is 6.07 Å². The first kappa shape index (κ1) is 25.9. The van der Waals surface area contributed by atoms with Gasteiger partial charge in [-0.05, 0) is 30.7 Å². The fraction of sp³-hybridized carbons (Fsp3) is 0.400. The minimum absolute atomic E-state index is 0.0192. The van der Waals surface area contributed by atoms with E-state index in [1.54, 1.807) is 19.2 Å². The zero-order valence-electron chi connectivity index (χ0n) is 20.0. The lowest BCUT2D eigenvalue weighted by Crippen LogP contribution is -2.47. The van der Waals surface area contributed by atoms with Crippen LogP contribution in [0.1, 0.15) is 12.8 Å². The van der Waals surface area contributed by atoms with Crippen molar-refractivity contribution in [3.05, 3.63) is 47.5 Å². The van der Waals surface area contributed by atoms with E-state index >= 15 is 0 Å². The maximum Gasteiger partial charge on any atom is 0.304 e. The average Bonchev–Trinajstić information content (AvgIpc) is 2.88. The number of carboxylic acids is 1. The van der Waals surface area contributed by atoms with Crippen molar-refractivity contribution in [2.24, 2.45) is 0 Å². The summed E-state index contributed by atoms with van der Waals surface area (Å²) in [7, 11) is 1.58. The molecule has 2 heterocycles. The van der Waals surface area contributed by atoms with Crippen LogP contribution in [0.5, 0.6) is 11.5 Å². The molecule has 36 heavy (non-hydrogen) atoms. The molecular weight excluding hydrogens is 489 g/mol. The molecule has 1 aliphatic heterocycles. The Hall–Kier alpha value is -3.21. The molecule has 0 spiro atoms. The first-order valence-electron chi connectivity index (χ1n) is 11.8. The number of aromatic nitrogens is 2. The molecule has 1 aliphatic rings. The Morgan fingerprint density at radius 3 is 2.56 bits per heavy atom. The van der Waals surface area contributed by atoms with Crippen LogP contribution >= 0.6 is 11.6 Å². The summed E-state index contributed by atoms with van der Waals surface area (Å²) in [4.78, 5) is 24.0. The molecule has 1 fully saturated rings. The Morgan fingerprint density at radius 1 is 1.11 bits per heavy atom. The number of rotatable bonds is 11. The van der Waals surface area contributed by atoms with Gasteiger partial charge in [-0.1, -0.05) is 11.6 Å². The standard InChI is InChI=1S/C25H29ClFN5O4/c1-35-22-15-21-18(25(29-16-28-21)30-17-3-4-20(27)19(26)13-17)14-23(22)36-12-2-6-31-8-10-32(11-9-31)7-5-24(33)34/h3-4,13-16H,2,5-12H2,1H3,(H,33,34)(H,28,29,30). The van der Waals surface area contributed by atoms with Crippen LogP contribution in [0.25, 0.3) is 10.9 Å². The Labute approximate surface area is 213 Å². The average molecular weight is 518 g/mol. The van der Waals surface area contributed by atoms with Gasteiger partial charge in [0.25, 0.3) is 0 Å². The highest BCUT2D eigenvalue weighted by molar-refractivity contribution is 6.31. The SMILES string of the molecule is COc1cc2ncnc(Nc3ccc(F)c(Cl)c3)c2cc1OCCCN1CCN(CCC(=O)O)CC1. The summed E-state index contributed by atoms with van der Waals surface area (Å²) in [5, 5.41) is 12.8. The second-order valence-electron chi connectivity index (χ2n) is 8.53. The lowest BCUT2D eigenvalue weighted by Gasteiger charge is -2.34. The number of carboxylic acid groups (broad SMARTS) is 1. The van der Waals surface area contributed by atoms with Gasteiger partial charge in [0, 0.05) is 56.4 Å². The lowest BCUT2D eigenvalue weighted by atomic mass is 10.2. The maximum atomic E-state index is 13.5. The molecule has 0 unspecified atom stereocenters. The van der Waals surface area contributed by atoms with Crippen LogP contribution in [-0.4, -0.2) is 83.8 Å². The van der Waals surface area contributed by atoms with Crippen LogP contribution in [0.4, 0.5) is 15.9 Å². The molecule has 0 bridgehead atoms. The molecule has 0 atom stereocenters. The normalized spacial score (nSPS) is 14.6. The van der Waals surface area contributed by atoms with Crippen LogP contribution in [0.15, 0.2) is 36.7 Å². The highest BCUT2D eigenvalue weighted by Crippen LogP contribution is 2.35. The summed E-state index contributed by atoms with van der Waals surface area (Å²) in [5.74, 6) is 0.446. The summed E-state index contributed by atoms with van der Waals surface area (Å²) >= 11 is 5.91. The molecule has 0 aliphatic carbocycles. The molecule has 3 aromatic rings. The van der Waals surface area contributed by atoms with Gasteiger partial charge in [0.15, 0.2) is 11.5 Å². The largest absolute Gasteiger partial charge is 0.493 e. The quantitative estimate of drug-likeness (QED) is 0.365. The van der Waals surface area contributed by atoms with E-state index in [9.17, 15) is 9.18 Å². The van der Waals surface area contributed by atoms with E-state index in [1.165, 1.54) is 18.5 Å². The molecule has 9 nitrogen and oxygen atoms in total. The molecule has 0 amide bonds. The van der Waals surface area contributed by atoms with Crippen molar-refractivity contribution in [2.45, 2.75) is 12.8 Å². The number of hydrogen-bond acceptors (Lipinski definition) is 8. The van der Waals surface area contributed by atoms with Gasteiger partial charge >= 0.3 is 5.97 Å². The number of hydrogen-bond donors (Lipinski definition) is 2. The minimum Gasteiger partial charge on any atom is -0.493 e. The fourth-order valence-corrected chi connectivity index (χ4v) is 4.29. The molecule has 2 aromatic carbocycles. The summed E-state index contributed by atoms with van der Waals surface area (Å²) in [6.45, 7) is 5.58. The summed E-state index contributed by atoms with van der Waals surface area (Å²) in [5.41, 5.74) is 1.27. The number of halogens is 2. The number of aliphatic carboxylic acids is 1. The van der Waals surface area contributed by atoms with Crippen LogP contribution in [0.3, 0.4) is 0 Å². The van der Waals surface area contributed by atoms with E-state index in [0.29, 0.717) is 41.7 Å². The van der Waals surface area contributed by atoms with Crippen molar-refractivity contribution < 1.29 is 23.8 Å². The van der Waals surface area contributed by atoms with Crippen molar-refractivity contribution in [3.63, 3.8) is 0 Å². The maximum absolute atomic E-state index is 13.5. The molecule has 1 aromatic heterocycles. The Morgan fingerprint density at radius 2 is 1.86 bits per heavy atom. The predicted molar refractivity (Wildman–Crippen MR) is 136 cm³/mol. The van der Waals surface area contributed by atoms with Gasteiger partial charge in [0.1, 0.15) is 18.0 Å². The predicted octanol–water partition coefficient (Wildman–Crippen LogP) is 4.04. The highest BCUT2D eigenvalue weighted by atomic mass is 35.5. The number of benzene rings is 2. The smallest absolute Gasteiger partial charge is 0.304 e. The van der Waals surface area contributed by atoms with Gasteiger partial charge in [0.2, 0.25) is 0 Å².